The van der Waals surface area contributed by atoms with Gasteiger partial charge in [-0.15, -0.1) is 0 Å². The van der Waals surface area contributed by atoms with Crippen molar-refractivity contribution in [1.29, 1.82) is 0 Å². The van der Waals surface area contributed by atoms with Crippen LogP contribution in [0, 0.1) is 0 Å². The van der Waals surface area contributed by atoms with Gasteiger partial charge in [-0.1, -0.05) is 71.7 Å². The molecule has 0 fully saturated rings. The summed E-state index contributed by atoms with van der Waals surface area (Å²) in [4.78, 5) is 51.1. The first-order valence-corrected chi connectivity index (χ1v) is 15.0. The molecule has 2 N–H and O–H groups in total. The maximum atomic E-state index is 13.3. The summed E-state index contributed by atoms with van der Waals surface area (Å²) in [6.45, 7) is 0. The predicted octanol–water partition coefficient (Wildman–Crippen LogP) is 6.40. The van der Waals surface area contributed by atoms with Crippen molar-refractivity contribution >= 4 is 67.5 Å². The maximum absolute atomic E-state index is 13.3. The molecule has 11 heteroatoms. The zero-order chi connectivity index (χ0) is 30.5. The lowest BCUT2D eigenvalue weighted by Crippen LogP contribution is -2.24. The van der Waals surface area contributed by atoms with Gasteiger partial charge in [0.25, 0.3) is 0 Å². The van der Waals surface area contributed by atoms with E-state index in [0.29, 0.717) is 11.4 Å². The van der Waals surface area contributed by atoms with E-state index in [0.717, 1.165) is 0 Å². The average molecular weight is 629 g/mol. The van der Waals surface area contributed by atoms with E-state index in [9.17, 15) is 27.6 Å². The van der Waals surface area contributed by atoms with Crippen molar-refractivity contribution in [3.63, 3.8) is 0 Å². The molecule has 43 heavy (non-hydrogen) atoms. The molecule has 212 valence electrons. The highest BCUT2D eigenvalue weighted by molar-refractivity contribution is 7.91. The summed E-state index contributed by atoms with van der Waals surface area (Å²) >= 11 is 12.4. The van der Waals surface area contributed by atoms with Crippen LogP contribution in [0.2, 0.25) is 0 Å². The Labute approximate surface area is 255 Å². The molecule has 0 heterocycles. The number of halogens is 2. The van der Waals surface area contributed by atoms with Crippen LogP contribution >= 0.6 is 23.2 Å². The van der Waals surface area contributed by atoms with Crippen LogP contribution in [0.5, 0.6) is 0 Å². The second-order valence-corrected chi connectivity index (χ2v) is 12.3. The summed E-state index contributed by atoms with van der Waals surface area (Å²) in [6.07, 6.45) is 0. The normalized spacial score (nSPS) is 14.9. The first-order chi connectivity index (χ1) is 20.6. The number of allylic oxidation sites excluding steroid dienone is 4. The third kappa shape index (κ3) is 4.87. The first kappa shape index (κ1) is 28.3. The monoisotopic (exact) mass is 628 g/mol. The van der Waals surface area contributed by atoms with Gasteiger partial charge in [0.1, 0.15) is 21.5 Å². The van der Waals surface area contributed by atoms with E-state index < -0.39 is 33.0 Å². The summed E-state index contributed by atoms with van der Waals surface area (Å²) in [5, 5.41) is 5.17. The molecule has 6 rings (SSSR count). The molecule has 0 atom stereocenters. The smallest absolute Gasteiger partial charge is 0.211 e. The topological polar surface area (TPSA) is 126 Å². The molecule has 0 aromatic heterocycles. The van der Waals surface area contributed by atoms with E-state index >= 15 is 0 Å². The van der Waals surface area contributed by atoms with Crippen molar-refractivity contribution in [2.75, 3.05) is 10.6 Å². The number of carbonyl (C=O) groups is 4. The van der Waals surface area contributed by atoms with Crippen LogP contribution in [-0.2, 0) is 9.84 Å². The molecule has 4 aromatic carbocycles. The van der Waals surface area contributed by atoms with Crippen LogP contribution in [-0.4, -0.2) is 31.6 Å². The van der Waals surface area contributed by atoms with E-state index in [4.69, 9.17) is 23.2 Å². The first-order valence-electron chi connectivity index (χ1n) is 12.7. The van der Waals surface area contributed by atoms with Crippen molar-refractivity contribution in [3.8, 4) is 0 Å². The Morgan fingerprint density at radius 1 is 0.442 bits per heavy atom. The molecular formula is C32H18Cl2N2O6S. The van der Waals surface area contributed by atoms with Crippen molar-refractivity contribution in [2.24, 2.45) is 0 Å². The Morgan fingerprint density at radius 2 is 0.744 bits per heavy atom. The van der Waals surface area contributed by atoms with Gasteiger partial charge in [-0.2, -0.15) is 0 Å². The summed E-state index contributed by atoms with van der Waals surface area (Å²) in [5.41, 5.74) is 1.39. The van der Waals surface area contributed by atoms with Crippen LogP contribution < -0.4 is 10.6 Å². The van der Waals surface area contributed by atoms with Gasteiger partial charge in [-0.25, -0.2) is 8.42 Å². The standard InChI is InChI=1S/C32H18Cl2N2O6S/c33-25-27(31(39)23-7-3-1-5-21(23)29(25)37)35-17-9-13-19(14-10-17)43(41,42)20-15-11-18(12-16-20)36-28-26(34)30(38)22-6-2-4-8-24(22)32(28)40/h1-16,35-36H. The molecular weight excluding hydrogens is 611 g/mol. The number of nitrogens with one attached hydrogen (secondary N) is 2. The van der Waals surface area contributed by atoms with Gasteiger partial charge in [0.15, 0.2) is 0 Å². The Bertz CT molecular complexity index is 1920. The molecule has 0 spiro atoms. The Kier molecular flexibility index (Phi) is 7.09. The fourth-order valence-electron chi connectivity index (χ4n) is 4.77. The minimum absolute atomic E-state index is 0.0226. The van der Waals surface area contributed by atoms with Gasteiger partial charge in [0, 0.05) is 33.6 Å². The van der Waals surface area contributed by atoms with Gasteiger partial charge in [0.05, 0.1) is 9.79 Å². The fourth-order valence-corrected chi connectivity index (χ4v) is 6.50. The highest BCUT2D eigenvalue weighted by Crippen LogP contribution is 2.32. The number of hydrogen-bond donors (Lipinski definition) is 2. The lowest BCUT2D eigenvalue weighted by Gasteiger charge is -2.19. The maximum Gasteiger partial charge on any atom is 0.211 e. The van der Waals surface area contributed by atoms with Crippen LogP contribution in [0.15, 0.2) is 128 Å². The molecule has 2 aliphatic carbocycles. The van der Waals surface area contributed by atoms with Gasteiger partial charge in [0.2, 0.25) is 33.0 Å². The number of benzene rings is 4. The largest absolute Gasteiger partial charge is 0.351 e. The van der Waals surface area contributed by atoms with E-state index in [-0.39, 0.29) is 53.5 Å². The molecule has 0 aliphatic heterocycles. The van der Waals surface area contributed by atoms with Gasteiger partial charge < -0.3 is 10.6 Å². The van der Waals surface area contributed by atoms with E-state index in [1.54, 1.807) is 24.3 Å². The summed E-state index contributed by atoms with van der Waals surface area (Å²) in [5.74, 6) is -1.88. The molecule has 0 amide bonds. The van der Waals surface area contributed by atoms with E-state index in [2.05, 4.69) is 10.6 Å². The second-order valence-electron chi connectivity index (χ2n) is 9.59. The van der Waals surface area contributed by atoms with E-state index in [1.807, 2.05) is 0 Å². The minimum atomic E-state index is -3.95. The minimum Gasteiger partial charge on any atom is -0.351 e. The van der Waals surface area contributed by atoms with Crippen molar-refractivity contribution in [1.82, 2.24) is 0 Å². The number of anilines is 2. The van der Waals surface area contributed by atoms with Crippen molar-refractivity contribution < 1.29 is 27.6 Å². The molecule has 0 radical (unpaired) electrons. The Hall–Kier alpha value is -4.83. The lowest BCUT2D eigenvalue weighted by molar-refractivity contribution is 0.0982. The third-order valence-electron chi connectivity index (χ3n) is 6.99. The molecule has 4 aromatic rings. The molecule has 0 saturated heterocycles. The second kappa shape index (κ2) is 10.8. The van der Waals surface area contributed by atoms with Crippen LogP contribution in [0.3, 0.4) is 0 Å². The lowest BCUT2D eigenvalue weighted by atomic mass is 9.92. The molecule has 0 unspecified atom stereocenters. The number of fused-ring (bicyclic) bond motifs is 2. The van der Waals surface area contributed by atoms with Gasteiger partial charge in [-0.05, 0) is 48.5 Å². The number of rotatable bonds is 6. The zero-order valence-electron chi connectivity index (χ0n) is 21.9. The molecule has 8 nitrogen and oxygen atoms in total. The fraction of sp³-hybridized carbons (Fsp3) is 0. The summed E-state index contributed by atoms with van der Waals surface area (Å²) in [7, 11) is -3.95. The molecule has 0 bridgehead atoms. The van der Waals surface area contributed by atoms with Gasteiger partial charge >= 0.3 is 0 Å². The molecule has 2 aliphatic rings. The van der Waals surface area contributed by atoms with E-state index in [1.165, 1.54) is 72.8 Å². The van der Waals surface area contributed by atoms with Crippen molar-refractivity contribution in [3.05, 3.63) is 141 Å². The van der Waals surface area contributed by atoms with Crippen molar-refractivity contribution in [2.45, 2.75) is 9.79 Å². The summed E-state index contributed by atoms with van der Waals surface area (Å²) < 4.78 is 26.6. The number of hydrogen-bond acceptors (Lipinski definition) is 8. The third-order valence-corrected chi connectivity index (χ3v) is 9.50. The Morgan fingerprint density at radius 3 is 1.07 bits per heavy atom. The van der Waals surface area contributed by atoms with Crippen LogP contribution in [0.25, 0.3) is 0 Å². The van der Waals surface area contributed by atoms with Crippen LogP contribution in [0.1, 0.15) is 41.4 Å². The number of ketones is 4. The molecule has 0 saturated carbocycles. The highest BCUT2D eigenvalue weighted by Gasteiger charge is 2.32. The average Bonchev–Trinajstić information content (AvgIpc) is 3.03. The zero-order valence-corrected chi connectivity index (χ0v) is 24.2. The summed E-state index contributed by atoms with van der Waals surface area (Å²) in [6, 6.07) is 23.9. The Balaban J connectivity index is 1.20. The number of sulfone groups is 1. The SMILES string of the molecule is O=C1C(Cl)=C(Nc2ccc(S(=O)(=O)c3ccc(NC4=C(Cl)C(=O)c5ccccc5C4=O)cc3)cc2)C(=O)c2ccccc21. The quantitative estimate of drug-likeness (QED) is 0.251. The van der Waals surface area contributed by atoms with Gasteiger partial charge in [-0.3, -0.25) is 19.2 Å². The number of Topliss-reactive ketones (excluding diaryl/α,β-unsaturated/α-hetero) is 4. The predicted molar refractivity (Wildman–Crippen MR) is 162 cm³/mol. The highest BCUT2D eigenvalue weighted by atomic mass is 35.5. The van der Waals surface area contributed by atoms with Crippen LogP contribution in [0.4, 0.5) is 11.4 Å². The number of carbonyl (C=O) groups excluding carboxylic acids is 4.